The lowest BCUT2D eigenvalue weighted by molar-refractivity contribution is 0.0697. The summed E-state index contributed by atoms with van der Waals surface area (Å²) < 4.78 is 82.9. The van der Waals surface area contributed by atoms with Crippen molar-refractivity contribution in [2.45, 2.75) is 38.3 Å². The molecule has 0 saturated heterocycles. The minimum Gasteiger partial charge on any atom is -0.329 e. The average molecular weight is 417 g/mol. The third kappa shape index (κ3) is 3.75. The predicted octanol–water partition coefficient (Wildman–Crippen LogP) is 4.62. The van der Waals surface area contributed by atoms with Crippen molar-refractivity contribution in [3.05, 3.63) is 58.9 Å². The molecule has 0 aliphatic heterocycles. The Morgan fingerprint density at radius 3 is 2.21 bits per heavy atom. The highest BCUT2D eigenvalue weighted by atomic mass is 19.3. The SMILES string of the molecule is C=C(c1c(F)cc(F)cc1F)C(C)N(C(=O)c1c(C(F)F)nn(C)c1F)C1CC1. The average Bonchev–Trinajstić information content (AvgIpc) is 3.39. The first kappa shape index (κ1) is 20.9. The van der Waals surface area contributed by atoms with E-state index in [1.165, 1.54) is 6.92 Å². The van der Waals surface area contributed by atoms with Crippen LogP contribution in [0.2, 0.25) is 0 Å². The molecule has 4 nitrogen and oxygen atoms in total. The Morgan fingerprint density at radius 2 is 1.72 bits per heavy atom. The molecule has 0 radical (unpaired) electrons. The van der Waals surface area contributed by atoms with E-state index in [4.69, 9.17) is 0 Å². The number of aromatic nitrogens is 2. The molecule has 1 amide bonds. The van der Waals surface area contributed by atoms with Gasteiger partial charge in [-0.2, -0.15) is 9.49 Å². The van der Waals surface area contributed by atoms with Crippen LogP contribution in [0.4, 0.5) is 26.3 Å². The molecule has 1 unspecified atom stereocenters. The molecule has 10 heteroatoms. The number of carbonyl (C=O) groups is 1. The van der Waals surface area contributed by atoms with Crippen molar-refractivity contribution < 1.29 is 31.1 Å². The van der Waals surface area contributed by atoms with Crippen LogP contribution in [0.5, 0.6) is 0 Å². The first-order valence-corrected chi connectivity index (χ1v) is 8.71. The number of nitrogens with zero attached hydrogens (tertiary/aromatic N) is 3. The summed E-state index contributed by atoms with van der Waals surface area (Å²) >= 11 is 0. The first-order valence-electron chi connectivity index (χ1n) is 8.71. The normalized spacial score (nSPS) is 14.9. The van der Waals surface area contributed by atoms with E-state index in [-0.39, 0.29) is 5.57 Å². The minimum atomic E-state index is -3.20. The fourth-order valence-electron chi connectivity index (χ4n) is 3.24. The summed E-state index contributed by atoms with van der Waals surface area (Å²) in [5, 5.41) is 3.35. The molecule has 3 rings (SSSR count). The number of rotatable bonds is 6. The molecule has 1 saturated carbocycles. The standard InChI is InChI=1S/C19H17F6N3O/c1-8(14-12(21)6-10(20)7-13(14)22)9(2)28(11-4-5-11)19(29)15-16(17(23)24)26-27(3)18(15)25/h6-7,9,11,17H,1,4-5H2,2-3H3. The molecule has 1 aromatic carbocycles. The van der Waals surface area contributed by atoms with Gasteiger partial charge < -0.3 is 4.90 Å². The highest BCUT2D eigenvalue weighted by Crippen LogP contribution is 2.37. The van der Waals surface area contributed by atoms with Gasteiger partial charge in [-0.15, -0.1) is 0 Å². The topological polar surface area (TPSA) is 38.1 Å². The van der Waals surface area contributed by atoms with Crippen molar-refractivity contribution in [1.82, 2.24) is 14.7 Å². The van der Waals surface area contributed by atoms with E-state index in [1.54, 1.807) is 0 Å². The lowest BCUT2D eigenvalue weighted by Gasteiger charge is -2.31. The Morgan fingerprint density at radius 1 is 1.17 bits per heavy atom. The van der Waals surface area contributed by atoms with Crippen molar-refractivity contribution in [3.63, 3.8) is 0 Å². The Kier molecular flexibility index (Phi) is 5.46. The largest absolute Gasteiger partial charge is 0.329 e. The van der Waals surface area contributed by atoms with Gasteiger partial charge in [0.1, 0.15) is 28.7 Å². The summed E-state index contributed by atoms with van der Waals surface area (Å²) in [6.45, 7) is 5.00. The van der Waals surface area contributed by atoms with Gasteiger partial charge in [0.25, 0.3) is 12.3 Å². The summed E-state index contributed by atoms with van der Waals surface area (Å²) in [5.74, 6) is -5.89. The number of amides is 1. The molecule has 1 atom stereocenters. The summed E-state index contributed by atoms with van der Waals surface area (Å²) in [7, 11) is 1.07. The highest BCUT2D eigenvalue weighted by molar-refractivity contribution is 5.97. The van der Waals surface area contributed by atoms with Crippen LogP contribution in [0.25, 0.3) is 5.57 Å². The van der Waals surface area contributed by atoms with Crippen LogP contribution >= 0.6 is 0 Å². The molecule has 29 heavy (non-hydrogen) atoms. The summed E-state index contributed by atoms with van der Waals surface area (Å²) in [6, 6.07) is -0.578. The molecular formula is C19H17F6N3O. The lowest BCUT2D eigenvalue weighted by Crippen LogP contribution is -2.41. The lowest BCUT2D eigenvalue weighted by atomic mass is 9.98. The second-order valence-corrected chi connectivity index (χ2v) is 6.86. The Labute approximate surface area is 162 Å². The second kappa shape index (κ2) is 7.57. The molecule has 1 aliphatic rings. The third-order valence-corrected chi connectivity index (χ3v) is 4.85. The molecule has 0 spiro atoms. The number of carbonyl (C=O) groups excluding carboxylic acids is 1. The van der Waals surface area contributed by atoms with Crippen molar-refractivity contribution in [3.8, 4) is 0 Å². The molecule has 1 fully saturated rings. The molecule has 1 heterocycles. The van der Waals surface area contributed by atoms with Gasteiger partial charge in [-0.25, -0.2) is 26.6 Å². The van der Waals surface area contributed by atoms with Gasteiger partial charge in [-0.3, -0.25) is 4.79 Å². The second-order valence-electron chi connectivity index (χ2n) is 6.86. The van der Waals surface area contributed by atoms with E-state index in [0.717, 1.165) is 11.9 Å². The molecular weight excluding hydrogens is 400 g/mol. The molecule has 156 valence electrons. The molecule has 0 bridgehead atoms. The smallest absolute Gasteiger partial charge is 0.283 e. The highest BCUT2D eigenvalue weighted by Gasteiger charge is 2.41. The monoisotopic (exact) mass is 417 g/mol. The summed E-state index contributed by atoms with van der Waals surface area (Å²) in [4.78, 5) is 14.1. The van der Waals surface area contributed by atoms with Crippen molar-refractivity contribution in [1.29, 1.82) is 0 Å². The first-order chi connectivity index (χ1) is 13.5. The van der Waals surface area contributed by atoms with Crippen molar-refractivity contribution >= 4 is 11.5 Å². The van der Waals surface area contributed by atoms with E-state index in [9.17, 15) is 31.1 Å². The summed E-state index contributed by atoms with van der Waals surface area (Å²) in [6.07, 6.45) is -2.19. The van der Waals surface area contributed by atoms with E-state index >= 15 is 0 Å². The molecule has 2 aromatic rings. The van der Waals surface area contributed by atoms with E-state index in [0.29, 0.717) is 29.7 Å². The maximum Gasteiger partial charge on any atom is 0.283 e. The maximum atomic E-state index is 14.4. The molecule has 0 N–H and O–H groups in total. The zero-order valence-electron chi connectivity index (χ0n) is 15.5. The van der Waals surface area contributed by atoms with Gasteiger partial charge >= 0.3 is 0 Å². The van der Waals surface area contributed by atoms with Crippen LogP contribution in [0.1, 0.15) is 47.8 Å². The van der Waals surface area contributed by atoms with Crippen LogP contribution < -0.4 is 0 Å². The number of benzene rings is 1. The number of aryl methyl sites for hydroxylation is 1. The number of alkyl halides is 2. The van der Waals surface area contributed by atoms with E-state index in [1.807, 2.05) is 0 Å². The van der Waals surface area contributed by atoms with Crippen LogP contribution in [-0.4, -0.2) is 32.7 Å². The number of hydrogen-bond acceptors (Lipinski definition) is 2. The number of hydrogen-bond donors (Lipinski definition) is 0. The van der Waals surface area contributed by atoms with E-state index in [2.05, 4.69) is 11.7 Å². The zero-order chi connectivity index (χ0) is 21.6. The van der Waals surface area contributed by atoms with Crippen LogP contribution in [-0.2, 0) is 7.05 Å². The van der Waals surface area contributed by atoms with Crippen molar-refractivity contribution in [2.75, 3.05) is 0 Å². The quantitative estimate of drug-likeness (QED) is 0.644. The Bertz CT molecular complexity index is 960. The van der Waals surface area contributed by atoms with Gasteiger partial charge in [0.2, 0.25) is 5.95 Å². The Balaban J connectivity index is 2.02. The van der Waals surface area contributed by atoms with Gasteiger partial charge in [0, 0.05) is 25.2 Å². The van der Waals surface area contributed by atoms with Crippen LogP contribution in [0, 0.1) is 23.4 Å². The fourth-order valence-corrected chi connectivity index (χ4v) is 3.24. The Hall–Kier alpha value is -2.78. The van der Waals surface area contributed by atoms with Crippen LogP contribution in [0.3, 0.4) is 0 Å². The van der Waals surface area contributed by atoms with Gasteiger partial charge in [0.15, 0.2) is 0 Å². The van der Waals surface area contributed by atoms with Gasteiger partial charge in [-0.1, -0.05) is 6.58 Å². The third-order valence-electron chi connectivity index (χ3n) is 4.85. The number of halogens is 6. The predicted molar refractivity (Wildman–Crippen MR) is 92.1 cm³/mol. The minimum absolute atomic E-state index is 0.205. The van der Waals surface area contributed by atoms with Gasteiger partial charge in [-0.05, 0) is 25.3 Å². The fraction of sp³-hybridized carbons (Fsp3) is 0.368. The van der Waals surface area contributed by atoms with E-state index < -0.39 is 64.6 Å². The molecule has 1 aromatic heterocycles. The molecule has 1 aliphatic carbocycles. The van der Waals surface area contributed by atoms with Crippen LogP contribution in [0.15, 0.2) is 18.7 Å². The van der Waals surface area contributed by atoms with Gasteiger partial charge in [0.05, 0.1) is 11.6 Å². The maximum absolute atomic E-state index is 14.4. The zero-order valence-corrected chi connectivity index (χ0v) is 15.5. The van der Waals surface area contributed by atoms with Crippen molar-refractivity contribution in [2.24, 2.45) is 7.05 Å². The summed E-state index contributed by atoms with van der Waals surface area (Å²) in [5.41, 5.74) is -2.74.